The first-order chi connectivity index (χ1) is 21.0. The number of nitrogens with zero attached hydrogens (tertiary/aromatic N) is 3. The van der Waals surface area contributed by atoms with Crippen molar-refractivity contribution in [2.45, 2.75) is 90.3 Å². The molecule has 0 amide bonds. The van der Waals surface area contributed by atoms with E-state index >= 15 is 0 Å². The van der Waals surface area contributed by atoms with Crippen LogP contribution in [0.5, 0.6) is 5.75 Å². The fourth-order valence-electron chi connectivity index (χ4n) is 5.25. The summed E-state index contributed by atoms with van der Waals surface area (Å²) in [5, 5.41) is 8.62. The van der Waals surface area contributed by atoms with Crippen molar-refractivity contribution in [1.82, 2.24) is 15.0 Å². The first-order valence-corrected chi connectivity index (χ1v) is 14.2. The van der Waals surface area contributed by atoms with Crippen molar-refractivity contribution in [3.05, 3.63) is 47.8 Å². The maximum absolute atomic E-state index is 12.1. The van der Waals surface area contributed by atoms with Gasteiger partial charge in [0.25, 0.3) is 0 Å². The van der Waals surface area contributed by atoms with Crippen LogP contribution in [0.1, 0.15) is 64.3 Å². The van der Waals surface area contributed by atoms with Crippen LogP contribution in [0.2, 0.25) is 0 Å². The number of esters is 4. The van der Waals surface area contributed by atoms with Crippen LogP contribution < -0.4 is 4.74 Å². The standard InChI is InChI=1S/C30H37N3O11/c1-17(34)39-16-26-27(41-18(2)35)28(42-19(3)36)29(43-20(4)37)30(44-26)40-15-22-14-33(32-31-22)25-9-7-6-8-24(25)21-10-12-23(38-5)13-11-21/h8,10-14,25-30H,6-7,9,15-16H2,1-5H3/t25-,26?,27-,28?,29?,30-/m1/s1. The van der Waals surface area contributed by atoms with Crippen LogP contribution in [-0.2, 0) is 54.2 Å². The minimum atomic E-state index is -1.33. The molecule has 6 atom stereocenters. The number of hydrogen-bond donors (Lipinski definition) is 0. The lowest BCUT2D eigenvalue weighted by molar-refractivity contribution is -0.310. The minimum Gasteiger partial charge on any atom is -0.497 e. The summed E-state index contributed by atoms with van der Waals surface area (Å²) in [4.78, 5) is 47.6. The van der Waals surface area contributed by atoms with E-state index in [0.29, 0.717) is 5.69 Å². The third-order valence-corrected chi connectivity index (χ3v) is 7.05. The smallest absolute Gasteiger partial charge is 0.303 e. The van der Waals surface area contributed by atoms with E-state index < -0.39 is 54.6 Å². The highest BCUT2D eigenvalue weighted by atomic mass is 16.7. The lowest BCUT2D eigenvalue weighted by atomic mass is 9.89. The molecule has 44 heavy (non-hydrogen) atoms. The zero-order chi connectivity index (χ0) is 31.8. The molecule has 1 aliphatic carbocycles. The first-order valence-electron chi connectivity index (χ1n) is 14.2. The largest absolute Gasteiger partial charge is 0.497 e. The Bertz CT molecular complexity index is 1360. The average molecular weight is 616 g/mol. The molecule has 238 valence electrons. The van der Waals surface area contributed by atoms with Gasteiger partial charge in [0.1, 0.15) is 24.2 Å². The summed E-state index contributed by atoms with van der Waals surface area (Å²) < 4.78 is 40.5. The molecule has 1 aromatic heterocycles. The number of benzene rings is 1. The Labute approximate surface area is 254 Å². The van der Waals surface area contributed by atoms with Gasteiger partial charge in [-0.15, -0.1) is 5.10 Å². The van der Waals surface area contributed by atoms with Gasteiger partial charge < -0.3 is 33.2 Å². The predicted molar refractivity (Wildman–Crippen MR) is 151 cm³/mol. The van der Waals surface area contributed by atoms with Gasteiger partial charge in [-0.2, -0.15) is 0 Å². The quantitative estimate of drug-likeness (QED) is 0.268. The second-order valence-electron chi connectivity index (χ2n) is 10.4. The third-order valence-electron chi connectivity index (χ3n) is 7.05. The molecule has 2 aliphatic rings. The van der Waals surface area contributed by atoms with Crippen LogP contribution in [0.4, 0.5) is 0 Å². The summed E-state index contributed by atoms with van der Waals surface area (Å²) in [7, 11) is 1.62. The van der Waals surface area contributed by atoms with Crippen molar-refractivity contribution >= 4 is 29.5 Å². The molecule has 0 spiro atoms. The van der Waals surface area contributed by atoms with E-state index in [4.69, 9.17) is 33.2 Å². The number of allylic oxidation sites excluding steroid dienone is 2. The van der Waals surface area contributed by atoms with Gasteiger partial charge in [-0.3, -0.25) is 19.2 Å². The molecule has 0 bridgehead atoms. The van der Waals surface area contributed by atoms with Crippen molar-refractivity contribution in [2.75, 3.05) is 13.7 Å². The molecule has 1 saturated heterocycles. The SMILES string of the molecule is COc1ccc(C2=CCCC[C@H]2n2cc(CO[C@@H]3OC(COC(C)=O)[C@@H](OC(C)=O)C(OC(C)=O)C3OC(C)=O)nn2)cc1. The van der Waals surface area contributed by atoms with Crippen LogP contribution in [-0.4, -0.2) is 83.3 Å². The molecule has 1 aliphatic heterocycles. The molecule has 4 rings (SSSR count). The van der Waals surface area contributed by atoms with Gasteiger partial charge in [-0.1, -0.05) is 23.4 Å². The maximum Gasteiger partial charge on any atom is 0.303 e. The number of carbonyl (C=O) groups is 4. The molecule has 1 aromatic carbocycles. The Morgan fingerprint density at radius 3 is 2.20 bits per heavy atom. The van der Waals surface area contributed by atoms with Gasteiger partial charge in [0.15, 0.2) is 24.6 Å². The number of rotatable bonds is 11. The molecule has 3 unspecified atom stereocenters. The number of aromatic nitrogens is 3. The zero-order valence-corrected chi connectivity index (χ0v) is 25.3. The summed E-state index contributed by atoms with van der Waals surface area (Å²) in [5.41, 5.74) is 2.63. The Kier molecular flexibility index (Phi) is 11.1. The van der Waals surface area contributed by atoms with E-state index in [9.17, 15) is 19.2 Å². The lowest BCUT2D eigenvalue weighted by Crippen LogP contribution is -2.62. The lowest BCUT2D eigenvalue weighted by Gasteiger charge is -2.43. The fraction of sp³-hybridized carbons (Fsp3) is 0.533. The monoisotopic (exact) mass is 615 g/mol. The molecule has 2 aromatic rings. The molecule has 2 heterocycles. The number of hydrogen-bond acceptors (Lipinski definition) is 13. The molecule has 14 heteroatoms. The normalized spacial score (nSPS) is 24.9. The van der Waals surface area contributed by atoms with E-state index in [1.165, 1.54) is 6.92 Å². The van der Waals surface area contributed by atoms with Crippen LogP contribution >= 0.6 is 0 Å². The molecular formula is C30H37N3O11. The zero-order valence-electron chi connectivity index (χ0n) is 25.3. The first kappa shape index (κ1) is 32.6. The van der Waals surface area contributed by atoms with E-state index in [0.717, 1.165) is 56.9 Å². The second-order valence-corrected chi connectivity index (χ2v) is 10.4. The third kappa shape index (κ3) is 8.41. The molecular weight excluding hydrogens is 578 g/mol. The average Bonchev–Trinajstić information content (AvgIpc) is 3.46. The summed E-state index contributed by atoms with van der Waals surface area (Å²) in [6, 6.07) is 7.79. The maximum atomic E-state index is 12.1. The predicted octanol–water partition coefficient (Wildman–Crippen LogP) is 2.70. The number of carbonyl (C=O) groups excluding carboxylic acids is 4. The van der Waals surface area contributed by atoms with E-state index in [2.05, 4.69) is 16.4 Å². The summed E-state index contributed by atoms with van der Waals surface area (Å²) >= 11 is 0. The van der Waals surface area contributed by atoms with Crippen LogP contribution in [0.25, 0.3) is 5.57 Å². The molecule has 14 nitrogen and oxygen atoms in total. The van der Waals surface area contributed by atoms with Crippen LogP contribution in [0.3, 0.4) is 0 Å². The van der Waals surface area contributed by atoms with Gasteiger partial charge in [0.2, 0.25) is 0 Å². The van der Waals surface area contributed by atoms with Crippen molar-refractivity contribution < 1.29 is 52.3 Å². The van der Waals surface area contributed by atoms with Gasteiger partial charge in [-0.25, -0.2) is 4.68 Å². The number of ether oxygens (including phenoxy) is 7. The Balaban J connectivity index is 1.55. The van der Waals surface area contributed by atoms with Crippen molar-refractivity contribution in [3.63, 3.8) is 0 Å². The fourth-order valence-corrected chi connectivity index (χ4v) is 5.25. The van der Waals surface area contributed by atoms with Gasteiger partial charge in [-0.05, 0) is 42.5 Å². The Morgan fingerprint density at radius 2 is 1.57 bits per heavy atom. The van der Waals surface area contributed by atoms with Gasteiger partial charge in [0.05, 0.1) is 26.0 Å². The van der Waals surface area contributed by atoms with Crippen molar-refractivity contribution in [3.8, 4) is 5.75 Å². The van der Waals surface area contributed by atoms with E-state index in [1.807, 2.05) is 24.3 Å². The minimum absolute atomic E-state index is 0.0518. The molecule has 1 fully saturated rings. The van der Waals surface area contributed by atoms with Crippen molar-refractivity contribution in [2.24, 2.45) is 0 Å². The van der Waals surface area contributed by atoms with Crippen LogP contribution in [0, 0.1) is 0 Å². The summed E-state index contributed by atoms with van der Waals surface area (Å²) in [5.74, 6) is -2.00. The topological polar surface area (TPSA) is 164 Å². The van der Waals surface area contributed by atoms with Gasteiger partial charge in [0, 0.05) is 27.7 Å². The van der Waals surface area contributed by atoms with Crippen LogP contribution in [0.15, 0.2) is 36.5 Å². The highest BCUT2D eigenvalue weighted by molar-refractivity contribution is 5.70. The summed E-state index contributed by atoms with van der Waals surface area (Å²) in [6.45, 7) is 4.20. The molecule has 0 saturated carbocycles. The second kappa shape index (κ2) is 14.9. The summed E-state index contributed by atoms with van der Waals surface area (Å²) in [6.07, 6.45) is 0.415. The molecule has 0 radical (unpaired) electrons. The number of methoxy groups -OCH3 is 1. The van der Waals surface area contributed by atoms with Gasteiger partial charge >= 0.3 is 23.9 Å². The molecule has 0 N–H and O–H groups in total. The van der Waals surface area contributed by atoms with E-state index in [1.54, 1.807) is 18.0 Å². The highest BCUT2D eigenvalue weighted by Crippen LogP contribution is 2.36. The Morgan fingerprint density at radius 1 is 0.909 bits per heavy atom. The Hall–Kier alpha value is -4.30. The van der Waals surface area contributed by atoms with Crippen molar-refractivity contribution in [1.29, 1.82) is 0 Å². The van der Waals surface area contributed by atoms with E-state index in [-0.39, 0.29) is 19.3 Å². The highest BCUT2D eigenvalue weighted by Gasteiger charge is 2.52.